The third-order valence-corrected chi connectivity index (χ3v) is 7.26. The Hall–Kier alpha value is -1.87. The van der Waals surface area contributed by atoms with Gasteiger partial charge in [-0.2, -0.15) is 4.31 Å². The topological polar surface area (TPSA) is 101 Å². The van der Waals surface area contributed by atoms with Crippen LogP contribution < -0.4 is 10.6 Å². The molecule has 0 aromatic carbocycles. The average Bonchev–Trinajstić information content (AvgIpc) is 3.09. The van der Waals surface area contributed by atoms with E-state index in [1.807, 2.05) is 0 Å². The molecule has 2 rings (SSSR count). The van der Waals surface area contributed by atoms with Crippen LogP contribution in [0.1, 0.15) is 56.4 Å². The van der Waals surface area contributed by atoms with Crippen molar-refractivity contribution in [2.45, 2.75) is 50.8 Å². The van der Waals surface area contributed by atoms with Gasteiger partial charge < -0.3 is 15.2 Å². The van der Waals surface area contributed by atoms with Crippen LogP contribution in [-0.4, -0.2) is 55.3 Å². The highest BCUT2D eigenvalue weighted by atomic mass is 32.2. The zero-order chi connectivity index (χ0) is 20.7. The summed E-state index contributed by atoms with van der Waals surface area (Å²) in [5.41, 5.74) is 0.268. The van der Waals surface area contributed by atoms with Crippen LogP contribution >= 0.6 is 0 Å². The highest BCUT2D eigenvalue weighted by molar-refractivity contribution is 7.89. The maximum Gasteiger partial charge on any atom is 0.268 e. The fourth-order valence-electron chi connectivity index (χ4n) is 3.58. The Bertz CT molecular complexity index is 778. The van der Waals surface area contributed by atoms with E-state index in [4.69, 9.17) is 0 Å². The largest absolute Gasteiger partial charge is 0.354 e. The molecule has 1 aromatic rings. The predicted molar refractivity (Wildman–Crippen MR) is 107 cm³/mol. The number of carbonyl (C=O) groups excluding carboxylic acids is 2. The molecule has 0 radical (unpaired) electrons. The standard InChI is InChI=1S/C19H32N4O4S/c1-4-23(5-2)28(26,27)16-13-17(22(3)14-16)19(25)21-12-11-20-18(24)15-9-7-6-8-10-15/h13-15H,4-12H2,1-3H3,(H,20,24)(H,21,25). The number of carbonyl (C=O) groups is 2. The highest BCUT2D eigenvalue weighted by Gasteiger charge is 2.25. The summed E-state index contributed by atoms with van der Waals surface area (Å²) in [5.74, 6) is -0.221. The number of aryl methyl sites for hydroxylation is 1. The number of nitrogens with one attached hydrogen (secondary N) is 2. The monoisotopic (exact) mass is 412 g/mol. The lowest BCUT2D eigenvalue weighted by Crippen LogP contribution is -2.38. The molecule has 1 fully saturated rings. The van der Waals surface area contributed by atoms with Crippen LogP contribution in [0.15, 0.2) is 17.2 Å². The van der Waals surface area contributed by atoms with E-state index in [-0.39, 0.29) is 28.3 Å². The SMILES string of the molecule is CCN(CC)S(=O)(=O)c1cc(C(=O)NCCNC(=O)C2CCCCC2)n(C)c1. The molecule has 1 heterocycles. The van der Waals surface area contributed by atoms with Crippen LogP contribution in [0.3, 0.4) is 0 Å². The summed E-state index contributed by atoms with van der Waals surface area (Å²) in [7, 11) is -1.97. The fourth-order valence-corrected chi connectivity index (χ4v) is 5.10. The van der Waals surface area contributed by atoms with Crippen molar-refractivity contribution in [3.63, 3.8) is 0 Å². The van der Waals surface area contributed by atoms with Crippen molar-refractivity contribution < 1.29 is 18.0 Å². The van der Waals surface area contributed by atoms with E-state index in [0.29, 0.717) is 26.2 Å². The molecule has 9 heteroatoms. The molecule has 0 spiro atoms. The fraction of sp³-hybridized carbons (Fsp3) is 0.684. The third-order valence-electron chi connectivity index (χ3n) is 5.24. The number of nitrogens with zero attached hydrogens (tertiary/aromatic N) is 2. The minimum atomic E-state index is -3.61. The second kappa shape index (κ2) is 10.1. The molecular formula is C19H32N4O4S. The number of sulfonamides is 1. The Labute approximate surface area is 167 Å². The van der Waals surface area contributed by atoms with Crippen molar-refractivity contribution in [3.05, 3.63) is 18.0 Å². The summed E-state index contributed by atoms with van der Waals surface area (Å²) in [4.78, 5) is 24.6. The van der Waals surface area contributed by atoms with Crippen LogP contribution in [0, 0.1) is 5.92 Å². The van der Waals surface area contributed by atoms with Gasteiger partial charge in [0.1, 0.15) is 10.6 Å². The van der Waals surface area contributed by atoms with Gasteiger partial charge >= 0.3 is 0 Å². The van der Waals surface area contributed by atoms with Gasteiger partial charge in [-0.3, -0.25) is 9.59 Å². The van der Waals surface area contributed by atoms with Crippen LogP contribution in [0.4, 0.5) is 0 Å². The summed E-state index contributed by atoms with van der Waals surface area (Å²) < 4.78 is 28.1. The smallest absolute Gasteiger partial charge is 0.268 e. The van der Waals surface area contributed by atoms with Gasteiger partial charge in [0.05, 0.1) is 0 Å². The molecule has 158 valence electrons. The molecule has 1 aliphatic carbocycles. The van der Waals surface area contributed by atoms with Gasteiger partial charge in [0.15, 0.2) is 0 Å². The lowest BCUT2D eigenvalue weighted by Gasteiger charge is -2.20. The lowest BCUT2D eigenvalue weighted by atomic mass is 9.89. The van der Waals surface area contributed by atoms with Gasteiger partial charge in [0, 0.05) is 45.3 Å². The van der Waals surface area contributed by atoms with Gasteiger partial charge in [0.2, 0.25) is 15.9 Å². The predicted octanol–water partition coefficient (Wildman–Crippen LogP) is 1.48. The maximum atomic E-state index is 12.6. The summed E-state index contributed by atoms with van der Waals surface area (Å²) in [6, 6.07) is 1.39. The molecule has 1 saturated carbocycles. The molecule has 0 atom stereocenters. The quantitative estimate of drug-likeness (QED) is 0.600. The first kappa shape index (κ1) is 22.4. The third kappa shape index (κ3) is 5.35. The highest BCUT2D eigenvalue weighted by Crippen LogP contribution is 2.23. The first-order valence-electron chi connectivity index (χ1n) is 10.0. The summed E-state index contributed by atoms with van der Waals surface area (Å²) in [6.45, 7) is 4.95. The first-order valence-corrected chi connectivity index (χ1v) is 11.5. The lowest BCUT2D eigenvalue weighted by molar-refractivity contribution is -0.125. The first-order chi connectivity index (χ1) is 13.3. The summed E-state index contributed by atoms with van der Waals surface area (Å²) in [5, 5.41) is 5.61. The van der Waals surface area contributed by atoms with Gasteiger partial charge in [-0.25, -0.2) is 8.42 Å². The molecule has 2 N–H and O–H groups in total. The molecule has 2 amide bonds. The van der Waals surface area contributed by atoms with Crippen molar-refractivity contribution in [2.75, 3.05) is 26.2 Å². The van der Waals surface area contributed by atoms with Crippen LogP contribution in [0.5, 0.6) is 0 Å². The van der Waals surface area contributed by atoms with E-state index in [0.717, 1.165) is 25.7 Å². The normalized spacial score (nSPS) is 15.6. The second-order valence-electron chi connectivity index (χ2n) is 7.14. The second-order valence-corrected chi connectivity index (χ2v) is 9.08. The average molecular weight is 413 g/mol. The Morgan fingerprint density at radius 3 is 2.32 bits per heavy atom. The molecule has 8 nitrogen and oxygen atoms in total. The number of aromatic nitrogens is 1. The number of amides is 2. The Balaban J connectivity index is 1.89. The van der Waals surface area contributed by atoms with Crippen LogP contribution in [-0.2, 0) is 21.9 Å². The van der Waals surface area contributed by atoms with E-state index < -0.39 is 10.0 Å². The summed E-state index contributed by atoms with van der Waals surface area (Å²) in [6.07, 6.45) is 6.72. The minimum Gasteiger partial charge on any atom is -0.354 e. The van der Waals surface area contributed by atoms with Crippen molar-refractivity contribution in [2.24, 2.45) is 13.0 Å². The number of rotatable bonds is 9. The van der Waals surface area contributed by atoms with Gasteiger partial charge in [-0.15, -0.1) is 0 Å². The zero-order valence-corrected chi connectivity index (χ0v) is 17.8. The molecule has 0 saturated heterocycles. The Morgan fingerprint density at radius 2 is 1.71 bits per heavy atom. The Morgan fingerprint density at radius 1 is 1.11 bits per heavy atom. The molecule has 0 aliphatic heterocycles. The van der Waals surface area contributed by atoms with Gasteiger partial charge in [0.25, 0.3) is 5.91 Å². The molecule has 1 aliphatic rings. The molecule has 28 heavy (non-hydrogen) atoms. The van der Waals surface area contributed by atoms with E-state index in [1.165, 1.54) is 27.6 Å². The van der Waals surface area contributed by atoms with Gasteiger partial charge in [-0.05, 0) is 18.9 Å². The van der Waals surface area contributed by atoms with Crippen LogP contribution in [0.2, 0.25) is 0 Å². The van der Waals surface area contributed by atoms with E-state index in [2.05, 4.69) is 10.6 Å². The number of hydrogen-bond donors (Lipinski definition) is 2. The zero-order valence-electron chi connectivity index (χ0n) is 17.0. The molecule has 0 bridgehead atoms. The van der Waals surface area contributed by atoms with Crippen LogP contribution in [0.25, 0.3) is 0 Å². The molecular weight excluding hydrogens is 380 g/mol. The van der Waals surface area contributed by atoms with Crippen molar-refractivity contribution in [1.29, 1.82) is 0 Å². The van der Waals surface area contributed by atoms with Crippen molar-refractivity contribution in [3.8, 4) is 0 Å². The minimum absolute atomic E-state index is 0.0559. The van der Waals surface area contributed by atoms with E-state index in [1.54, 1.807) is 20.9 Å². The molecule has 1 aromatic heterocycles. The van der Waals surface area contributed by atoms with Crippen molar-refractivity contribution in [1.82, 2.24) is 19.5 Å². The maximum absolute atomic E-state index is 12.6. The number of hydrogen-bond acceptors (Lipinski definition) is 4. The van der Waals surface area contributed by atoms with Crippen molar-refractivity contribution >= 4 is 21.8 Å². The molecule has 0 unspecified atom stereocenters. The van der Waals surface area contributed by atoms with E-state index in [9.17, 15) is 18.0 Å². The van der Waals surface area contributed by atoms with Gasteiger partial charge in [-0.1, -0.05) is 33.1 Å². The summed E-state index contributed by atoms with van der Waals surface area (Å²) >= 11 is 0. The Kier molecular flexibility index (Phi) is 8.06. The van der Waals surface area contributed by atoms with E-state index >= 15 is 0 Å².